The second kappa shape index (κ2) is 5.92. The van der Waals surface area contributed by atoms with Gasteiger partial charge in [-0.3, -0.25) is 0 Å². The van der Waals surface area contributed by atoms with Gasteiger partial charge in [0.25, 0.3) is 0 Å². The smallest absolute Gasteiger partial charge is 0.317 e. The first-order chi connectivity index (χ1) is 10.7. The fourth-order valence-corrected chi connectivity index (χ4v) is 2.35. The summed E-state index contributed by atoms with van der Waals surface area (Å²) in [4.78, 5) is 21.3. The monoisotopic (exact) mass is 303 g/mol. The van der Waals surface area contributed by atoms with Crippen LogP contribution in [0.5, 0.6) is 11.5 Å². The zero-order valence-electron chi connectivity index (χ0n) is 12.2. The molecule has 0 bridgehead atoms. The molecule has 0 saturated carbocycles. The van der Waals surface area contributed by atoms with Crippen LogP contribution in [0.15, 0.2) is 18.5 Å². The molecule has 3 rings (SSSR count). The molecule has 22 heavy (non-hydrogen) atoms. The Hall–Kier alpha value is -2.77. The molecule has 1 aromatic carbocycles. The van der Waals surface area contributed by atoms with Crippen LogP contribution in [-0.2, 0) is 0 Å². The molecule has 0 atom stereocenters. The number of urea groups is 1. The third-order valence-electron chi connectivity index (χ3n) is 3.52. The van der Waals surface area contributed by atoms with E-state index in [1.807, 2.05) is 0 Å². The van der Waals surface area contributed by atoms with Crippen LogP contribution < -0.4 is 20.5 Å². The second-order valence-electron chi connectivity index (χ2n) is 4.85. The molecule has 1 aliphatic rings. The van der Waals surface area contributed by atoms with E-state index in [9.17, 15) is 4.79 Å². The Morgan fingerprint density at radius 2 is 2.23 bits per heavy atom. The minimum absolute atomic E-state index is 0.0606. The number of hydrogen-bond donors (Lipinski definition) is 2. The van der Waals surface area contributed by atoms with Gasteiger partial charge in [0.2, 0.25) is 0 Å². The molecule has 2 aromatic rings. The number of amides is 2. The Labute approximate surface area is 127 Å². The third-order valence-corrected chi connectivity index (χ3v) is 3.52. The van der Waals surface area contributed by atoms with Gasteiger partial charge >= 0.3 is 6.03 Å². The van der Waals surface area contributed by atoms with Crippen molar-refractivity contribution in [2.75, 3.05) is 39.1 Å². The van der Waals surface area contributed by atoms with Gasteiger partial charge < -0.3 is 25.4 Å². The Balaban J connectivity index is 1.76. The first kappa shape index (κ1) is 14.2. The first-order valence-corrected chi connectivity index (χ1v) is 6.93. The van der Waals surface area contributed by atoms with E-state index in [0.29, 0.717) is 54.5 Å². The van der Waals surface area contributed by atoms with Gasteiger partial charge in [0.1, 0.15) is 18.8 Å². The molecule has 1 aliphatic heterocycles. The van der Waals surface area contributed by atoms with Gasteiger partial charge in [-0.15, -0.1) is 0 Å². The lowest BCUT2D eigenvalue weighted by molar-refractivity contribution is 0.201. The van der Waals surface area contributed by atoms with Crippen LogP contribution in [0.2, 0.25) is 0 Å². The number of nitrogens with one attached hydrogen (secondary N) is 1. The van der Waals surface area contributed by atoms with Crippen molar-refractivity contribution in [1.29, 1.82) is 0 Å². The van der Waals surface area contributed by atoms with Crippen molar-refractivity contribution in [2.24, 2.45) is 0 Å². The Morgan fingerprint density at radius 1 is 1.36 bits per heavy atom. The summed E-state index contributed by atoms with van der Waals surface area (Å²) in [5, 5.41) is 3.46. The zero-order valence-corrected chi connectivity index (χ0v) is 12.2. The van der Waals surface area contributed by atoms with Crippen LogP contribution in [0.1, 0.15) is 0 Å². The fraction of sp³-hybridized carbons (Fsp3) is 0.357. The summed E-state index contributed by atoms with van der Waals surface area (Å²) in [6, 6.07) is 3.45. The van der Waals surface area contributed by atoms with E-state index in [1.54, 1.807) is 24.1 Å². The van der Waals surface area contributed by atoms with Gasteiger partial charge in [-0.1, -0.05) is 0 Å². The molecular weight excluding hydrogens is 286 g/mol. The maximum Gasteiger partial charge on any atom is 0.317 e. The number of rotatable bonds is 5. The van der Waals surface area contributed by atoms with Crippen molar-refractivity contribution in [2.45, 2.75) is 0 Å². The summed E-state index contributed by atoms with van der Waals surface area (Å²) in [6.45, 7) is 2.25. The highest BCUT2D eigenvalue weighted by molar-refractivity contribution is 5.90. The van der Waals surface area contributed by atoms with Gasteiger partial charge in [-0.2, -0.15) is 0 Å². The van der Waals surface area contributed by atoms with E-state index in [2.05, 4.69) is 15.3 Å². The molecular formula is C14H17N5O3. The van der Waals surface area contributed by atoms with Crippen molar-refractivity contribution in [1.82, 2.24) is 20.2 Å². The fourth-order valence-electron chi connectivity index (χ4n) is 2.35. The lowest BCUT2D eigenvalue weighted by Gasteiger charge is -2.16. The quantitative estimate of drug-likeness (QED) is 0.839. The van der Waals surface area contributed by atoms with Crippen molar-refractivity contribution >= 4 is 22.8 Å². The van der Waals surface area contributed by atoms with Gasteiger partial charge in [0.05, 0.1) is 19.2 Å². The van der Waals surface area contributed by atoms with Crippen molar-refractivity contribution in [3.8, 4) is 11.5 Å². The number of carbonyl (C=O) groups is 1. The summed E-state index contributed by atoms with van der Waals surface area (Å²) in [5.41, 5.74) is 6.51. The standard InChI is InChI=1S/C14H17N5O3/c1-21-11-6-9-10(17-8-18-13(9)15)7-12(11)22-5-4-19-3-2-16-14(19)20/h6-8H,2-5H2,1H3,(H,16,20)(H2,15,17,18). The average molecular weight is 303 g/mol. The minimum atomic E-state index is -0.0606. The van der Waals surface area contributed by atoms with Crippen molar-refractivity contribution in [3.63, 3.8) is 0 Å². The molecule has 0 aliphatic carbocycles. The number of aromatic nitrogens is 2. The predicted octanol–water partition coefficient (Wildman–Crippen LogP) is 0.625. The molecule has 2 heterocycles. The van der Waals surface area contributed by atoms with Crippen LogP contribution in [0, 0.1) is 0 Å². The number of carbonyl (C=O) groups excluding carboxylic acids is 1. The summed E-state index contributed by atoms with van der Waals surface area (Å²) in [7, 11) is 1.56. The highest BCUT2D eigenvalue weighted by Gasteiger charge is 2.19. The molecule has 2 amide bonds. The van der Waals surface area contributed by atoms with E-state index >= 15 is 0 Å². The highest BCUT2D eigenvalue weighted by Crippen LogP contribution is 2.33. The van der Waals surface area contributed by atoms with Crippen LogP contribution in [0.3, 0.4) is 0 Å². The normalized spacial score (nSPS) is 14.2. The maximum atomic E-state index is 11.5. The molecule has 1 aromatic heterocycles. The Morgan fingerprint density at radius 3 is 2.95 bits per heavy atom. The van der Waals surface area contributed by atoms with E-state index in [4.69, 9.17) is 15.2 Å². The lowest BCUT2D eigenvalue weighted by Crippen LogP contribution is -2.31. The highest BCUT2D eigenvalue weighted by atomic mass is 16.5. The summed E-state index contributed by atoms with van der Waals surface area (Å²) < 4.78 is 11.1. The largest absolute Gasteiger partial charge is 0.493 e. The van der Waals surface area contributed by atoms with Crippen LogP contribution in [0.4, 0.5) is 10.6 Å². The third kappa shape index (κ3) is 2.67. The predicted molar refractivity (Wildman–Crippen MR) is 81.0 cm³/mol. The van der Waals surface area contributed by atoms with E-state index in [-0.39, 0.29) is 6.03 Å². The number of nitrogens with zero attached hydrogens (tertiary/aromatic N) is 3. The number of nitrogen functional groups attached to an aromatic ring is 1. The summed E-state index contributed by atoms with van der Waals surface area (Å²) in [5.74, 6) is 1.51. The SMILES string of the molecule is COc1cc2c(N)ncnc2cc1OCCN1CCNC1=O. The number of ether oxygens (including phenoxy) is 2. The van der Waals surface area contributed by atoms with Crippen molar-refractivity contribution < 1.29 is 14.3 Å². The zero-order chi connectivity index (χ0) is 15.5. The molecule has 116 valence electrons. The van der Waals surface area contributed by atoms with E-state index in [0.717, 1.165) is 0 Å². The number of benzene rings is 1. The molecule has 3 N–H and O–H groups in total. The molecule has 0 unspecified atom stereocenters. The second-order valence-corrected chi connectivity index (χ2v) is 4.85. The Kier molecular flexibility index (Phi) is 3.82. The minimum Gasteiger partial charge on any atom is -0.493 e. The summed E-state index contributed by atoms with van der Waals surface area (Å²) >= 11 is 0. The number of anilines is 1. The van der Waals surface area contributed by atoms with E-state index < -0.39 is 0 Å². The number of methoxy groups -OCH3 is 1. The first-order valence-electron chi connectivity index (χ1n) is 6.93. The van der Waals surface area contributed by atoms with Crippen LogP contribution >= 0.6 is 0 Å². The van der Waals surface area contributed by atoms with Gasteiger partial charge in [0.15, 0.2) is 11.5 Å². The van der Waals surface area contributed by atoms with Crippen LogP contribution in [0.25, 0.3) is 10.9 Å². The lowest BCUT2D eigenvalue weighted by atomic mass is 10.2. The maximum absolute atomic E-state index is 11.5. The molecule has 0 spiro atoms. The van der Waals surface area contributed by atoms with Gasteiger partial charge in [-0.25, -0.2) is 14.8 Å². The summed E-state index contributed by atoms with van der Waals surface area (Å²) in [6.07, 6.45) is 1.41. The number of fused-ring (bicyclic) bond motifs is 1. The molecule has 1 fully saturated rings. The average Bonchev–Trinajstić information content (AvgIpc) is 2.92. The molecule has 0 radical (unpaired) electrons. The van der Waals surface area contributed by atoms with Crippen LogP contribution in [-0.4, -0.2) is 54.2 Å². The molecule has 1 saturated heterocycles. The Bertz CT molecular complexity index is 706. The van der Waals surface area contributed by atoms with Gasteiger partial charge in [0, 0.05) is 24.5 Å². The molecule has 8 heteroatoms. The number of hydrogen-bond acceptors (Lipinski definition) is 6. The van der Waals surface area contributed by atoms with Crippen molar-refractivity contribution in [3.05, 3.63) is 18.5 Å². The van der Waals surface area contributed by atoms with Gasteiger partial charge in [-0.05, 0) is 6.07 Å². The molecule has 8 nitrogen and oxygen atoms in total. The number of nitrogens with two attached hydrogens (primary N) is 1. The van der Waals surface area contributed by atoms with E-state index in [1.165, 1.54) is 6.33 Å². The topological polar surface area (TPSA) is 103 Å².